The molecular formula is C18H28N2O4S2. The Bertz CT molecular complexity index is 884. The Morgan fingerprint density at radius 2 is 1.65 bits per heavy atom. The number of hydrogen-bond donors (Lipinski definition) is 0. The fourth-order valence-electron chi connectivity index (χ4n) is 4.00. The second kappa shape index (κ2) is 6.29. The summed E-state index contributed by atoms with van der Waals surface area (Å²) in [6.45, 7) is 6.54. The summed E-state index contributed by atoms with van der Waals surface area (Å²) >= 11 is 0. The largest absolute Gasteiger partial charge is 0.305 e. The van der Waals surface area contributed by atoms with Crippen molar-refractivity contribution < 1.29 is 16.8 Å². The zero-order valence-corrected chi connectivity index (χ0v) is 17.6. The van der Waals surface area contributed by atoms with Gasteiger partial charge < -0.3 is 4.90 Å². The number of sulfone groups is 1. The SMILES string of the molecule is CN(C)[C@@H]1CS(=O)(=O)[C@H]2CN(S(=O)(=O)c3ccc(C(C)(C)C)cc3)C[C@@H]12. The Kier molecular flexibility index (Phi) is 4.79. The lowest BCUT2D eigenvalue weighted by Gasteiger charge is -2.25. The van der Waals surface area contributed by atoms with E-state index in [0.29, 0.717) is 0 Å². The first-order valence-electron chi connectivity index (χ1n) is 8.83. The fourth-order valence-corrected chi connectivity index (χ4v) is 8.08. The average Bonchev–Trinajstić information content (AvgIpc) is 3.07. The lowest BCUT2D eigenvalue weighted by atomic mass is 9.87. The van der Waals surface area contributed by atoms with Crippen LogP contribution in [0.15, 0.2) is 29.2 Å². The zero-order chi connectivity index (χ0) is 19.5. The Hall–Kier alpha value is -0.960. The van der Waals surface area contributed by atoms with Crippen molar-refractivity contribution in [3.05, 3.63) is 29.8 Å². The molecular weight excluding hydrogens is 372 g/mol. The summed E-state index contributed by atoms with van der Waals surface area (Å²) in [4.78, 5) is 2.13. The van der Waals surface area contributed by atoms with Gasteiger partial charge in [-0.2, -0.15) is 4.31 Å². The first-order valence-corrected chi connectivity index (χ1v) is 12.0. The molecule has 2 fully saturated rings. The van der Waals surface area contributed by atoms with Crippen LogP contribution >= 0.6 is 0 Å². The van der Waals surface area contributed by atoms with Gasteiger partial charge in [-0.15, -0.1) is 0 Å². The van der Waals surface area contributed by atoms with Crippen LogP contribution in [0.1, 0.15) is 26.3 Å². The van der Waals surface area contributed by atoms with Crippen molar-refractivity contribution in [1.29, 1.82) is 0 Å². The molecule has 0 N–H and O–H groups in total. The third-order valence-electron chi connectivity index (χ3n) is 5.66. The lowest BCUT2D eigenvalue weighted by Crippen LogP contribution is -2.38. The minimum atomic E-state index is -3.69. The van der Waals surface area contributed by atoms with Crippen molar-refractivity contribution >= 4 is 19.9 Å². The molecule has 146 valence electrons. The minimum absolute atomic E-state index is 0.0556. The van der Waals surface area contributed by atoms with E-state index in [1.807, 2.05) is 31.1 Å². The van der Waals surface area contributed by atoms with Crippen LogP contribution in [0, 0.1) is 5.92 Å². The molecule has 0 radical (unpaired) electrons. The third kappa shape index (κ3) is 3.32. The zero-order valence-electron chi connectivity index (χ0n) is 16.0. The van der Waals surface area contributed by atoms with E-state index in [-0.39, 0.29) is 41.1 Å². The van der Waals surface area contributed by atoms with Gasteiger partial charge in [-0.25, -0.2) is 16.8 Å². The number of nitrogens with zero attached hydrogens (tertiary/aromatic N) is 2. The minimum Gasteiger partial charge on any atom is -0.305 e. The van der Waals surface area contributed by atoms with E-state index in [4.69, 9.17) is 0 Å². The Morgan fingerprint density at radius 3 is 2.15 bits per heavy atom. The van der Waals surface area contributed by atoms with Gasteiger partial charge >= 0.3 is 0 Å². The van der Waals surface area contributed by atoms with E-state index in [1.165, 1.54) is 4.31 Å². The number of sulfonamides is 1. The molecule has 3 atom stereocenters. The summed E-state index contributed by atoms with van der Waals surface area (Å²) < 4.78 is 52.4. The van der Waals surface area contributed by atoms with Crippen LogP contribution in [0.3, 0.4) is 0 Å². The molecule has 26 heavy (non-hydrogen) atoms. The summed E-state index contributed by atoms with van der Waals surface area (Å²) in [6.07, 6.45) is 0. The topological polar surface area (TPSA) is 74.8 Å². The molecule has 0 spiro atoms. The highest BCUT2D eigenvalue weighted by Gasteiger charge is 2.54. The maximum Gasteiger partial charge on any atom is 0.243 e. The van der Waals surface area contributed by atoms with Gasteiger partial charge in [-0.1, -0.05) is 32.9 Å². The van der Waals surface area contributed by atoms with Crippen LogP contribution in [0.2, 0.25) is 0 Å². The first-order chi connectivity index (χ1) is 11.8. The van der Waals surface area contributed by atoms with E-state index in [9.17, 15) is 16.8 Å². The van der Waals surface area contributed by atoms with Gasteiger partial charge in [-0.3, -0.25) is 0 Å². The molecule has 6 nitrogen and oxygen atoms in total. The van der Waals surface area contributed by atoms with Crippen molar-refractivity contribution in [1.82, 2.24) is 9.21 Å². The molecule has 1 aromatic carbocycles. The number of hydrogen-bond acceptors (Lipinski definition) is 5. The molecule has 0 aromatic heterocycles. The molecule has 2 aliphatic rings. The van der Waals surface area contributed by atoms with Crippen molar-refractivity contribution in [2.24, 2.45) is 5.92 Å². The molecule has 2 heterocycles. The van der Waals surface area contributed by atoms with Crippen LogP contribution in [0.25, 0.3) is 0 Å². The van der Waals surface area contributed by atoms with Gasteiger partial charge in [0.15, 0.2) is 9.84 Å². The van der Waals surface area contributed by atoms with E-state index in [2.05, 4.69) is 20.8 Å². The van der Waals surface area contributed by atoms with Crippen LogP contribution in [-0.2, 0) is 25.3 Å². The maximum atomic E-state index is 13.0. The summed E-state index contributed by atoms with van der Waals surface area (Å²) in [5.74, 6) is -0.0534. The molecule has 2 saturated heterocycles. The van der Waals surface area contributed by atoms with Gasteiger partial charge in [0.25, 0.3) is 0 Å². The molecule has 3 rings (SSSR count). The normalized spacial score (nSPS) is 29.2. The molecule has 8 heteroatoms. The summed E-state index contributed by atoms with van der Waals surface area (Å²) in [6, 6.07) is 6.80. The number of benzene rings is 1. The predicted molar refractivity (Wildman–Crippen MR) is 102 cm³/mol. The second-order valence-corrected chi connectivity index (χ2v) is 12.9. The molecule has 0 saturated carbocycles. The van der Waals surface area contributed by atoms with Gasteiger partial charge in [0.2, 0.25) is 10.0 Å². The standard InChI is InChI=1S/C18H28N2O4S2/c1-18(2,3)13-6-8-14(9-7-13)26(23,24)20-10-15-16(19(4)5)12-25(21,22)17(15)11-20/h6-9,15-17H,10-12H2,1-5H3/t15-,16+,17-/m0/s1. The highest BCUT2D eigenvalue weighted by Crippen LogP contribution is 2.38. The highest BCUT2D eigenvalue weighted by molar-refractivity contribution is 7.92. The molecule has 0 amide bonds. The molecule has 0 unspecified atom stereocenters. The van der Waals surface area contributed by atoms with Gasteiger partial charge in [0.05, 0.1) is 15.9 Å². The van der Waals surface area contributed by atoms with E-state index in [1.54, 1.807) is 12.1 Å². The predicted octanol–water partition coefficient (Wildman–Crippen LogP) is 1.33. The number of rotatable bonds is 3. The monoisotopic (exact) mass is 400 g/mol. The molecule has 0 aliphatic carbocycles. The van der Waals surface area contributed by atoms with Crippen LogP contribution in [0.4, 0.5) is 0 Å². The Balaban J connectivity index is 1.88. The smallest absolute Gasteiger partial charge is 0.243 e. The van der Waals surface area contributed by atoms with Crippen molar-refractivity contribution in [2.75, 3.05) is 32.9 Å². The molecule has 2 aliphatic heterocycles. The van der Waals surface area contributed by atoms with Crippen molar-refractivity contribution in [3.63, 3.8) is 0 Å². The van der Waals surface area contributed by atoms with Crippen molar-refractivity contribution in [2.45, 2.75) is 42.4 Å². The third-order valence-corrected chi connectivity index (χ3v) is 9.73. The summed E-state index contributed by atoms with van der Waals surface area (Å²) in [5, 5.41) is -0.599. The van der Waals surface area contributed by atoms with Gasteiger partial charge in [-0.05, 0) is 37.2 Å². The van der Waals surface area contributed by atoms with E-state index < -0.39 is 25.1 Å². The average molecular weight is 401 g/mol. The summed E-state index contributed by atoms with van der Waals surface area (Å²) in [5.41, 5.74) is 1.00. The van der Waals surface area contributed by atoms with E-state index >= 15 is 0 Å². The Morgan fingerprint density at radius 1 is 1.08 bits per heavy atom. The van der Waals surface area contributed by atoms with Crippen LogP contribution < -0.4 is 0 Å². The van der Waals surface area contributed by atoms with Crippen LogP contribution in [-0.4, -0.2) is 70.3 Å². The van der Waals surface area contributed by atoms with Gasteiger partial charge in [0.1, 0.15) is 0 Å². The highest BCUT2D eigenvalue weighted by atomic mass is 32.2. The molecule has 0 bridgehead atoms. The lowest BCUT2D eigenvalue weighted by molar-refractivity contribution is 0.249. The molecule has 1 aromatic rings. The fraction of sp³-hybridized carbons (Fsp3) is 0.667. The van der Waals surface area contributed by atoms with Gasteiger partial charge in [0, 0.05) is 25.0 Å². The Labute approximate surface area is 157 Å². The quantitative estimate of drug-likeness (QED) is 0.765. The maximum absolute atomic E-state index is 13.0. The first kappa shape index (κ1) is 19.8. The number of fused-ring (bicyclic) bond motifs is 1. The van der Waals surface area contributed by atoms with E-state index in [0.717, 1.165) is 5.56 Å². The summed E-state index contributed by atoms with van der Waals surface area (Å²) in [7, 11) is -3.25. The second-order valence-electron chi connectivity index (χ2n) is 8.66. The van der Waals surface area contributed by atoms with Crippen LogP contribution in [0.5, 0.6) is 0 Å². The van der Waals surface area contributed by atoms with Crippen molar-refractivity contribution in [3.8, 4) is 0 Å².